The van der Waals surface area contributed by atoms with Crippen LogP contribution in [0.2, 0.25) is 0 Å². The Morgan fingerprint density at radius 1 is 0.929 bits per heavy atom. The Bertz CT molecular complexity index is 1210. The van der Waals surface area contributed by atoms with Crippen LogP contribution in [0.5, 0.6) is 0 Å². The van der Waals surface area contributed by atoms with Gasteiger partial charge in [-0.3, -0.25) is 4.98 Å². The van der Waals surface area contributed by atoms with Gasteiger partial charge in [0.05, 0.1) is 12.4 Å². The van der Waals surface area contributed by atoms with Gasteiger partial charge in [0, 0.05) is 29.6 Å². The minimum Gasteiger partial charge on any atom is -0.264 e. The molecule has 1 atom stereocenters. The molecule has 5 rings (SSSR count). The molecule has 1 aliphatic heterocycles. The smallest absolute Gasteiger partial charge is 0.264 e. The Hall–Kier alpha value is -3.37. The third-order valence-corrected chi connectivity index (χ3v) is 5.57. The zero-order valence-electron chi connectivity index (χ0n) is 16.1. The lowest BCUT2D eigenvalue weighted by Gasteiger charge is -2.33. The molecule has 0 saturated heterocycles. The molecule has 0 amide bonds. The van der Waals surface area contributed by atoms with E-state index in [-0.39, 0.29) is 0 Å². The molecule has 0 fully saturated rings. The summed E-state index contributed by atoms with van der Waals surface area (Å²) < 4.78 is 2.79. The van der Waals surface area contributed by atoms with E-state index in [0.29, 0.717) is 11.2 Å². The van der Waals surface area contributed by atoms with Crippen LogP contribution in [0, 0.1) is 6.92 Å². The molecule has 4 nitrogen and oxygen atoms in total. The molecule has 136 valence electrons. The first-order valence-corrected chi connectivity index (χ1v) is 9.49. The number of rotatable bonds is 2. The van der Waals surface area contributed by atoms with E-state index in [1.807, 2.05) is 18.5 Å². The van der Waals surface area contributed by atoms with Crippen molar-refractivity contribution in [1.29, 1.82) is 0 Å². The maximum atomic E-state index is 5.04. The van der Waals surface area contributed by atoms with Crippen LogP contribution in [-0.4, -0.2) is 23.4 Å². The van der Waals surface area contributed by atoms with Gasteiger partial charge in [-0.15, -0.1) is 0 Å². The zero-order chi connectivity index (χ0) is 19.1. The maximum Gasteiger partial charge on any atom is 0.311 e. The van der Waals surface area contributed by atoms with Gasteiger partial charge < -0.3 is 0 Å². The summed E-state index contributed by atoms with van der Waals surface area (Å²) >= 11 is 0. The second-order valence-electron chi connectivity index (χ2n) is 7.53. The fourth-order valence-electron chi connectivity index (χ4n) is 4.07. The van der Waals surface area contributed by atoms with Crippen molar-refractivity contribution in [2.24, 2.45) is 5.11 Å². The van der Waals surface area contributed by atoms with E-state index >= 15 is 0 Å². The van der Waals surface area contributed by atoms with Crippen LogP contribution in [0.15, 0.2) is 90.3 Å². The summed E-state index contributed by atoms with van der Waals surface area (Å²) in [6, 6.07) is 25.6. The van der Waals surface area contributed by atoms with Crippen LogP contribution in [0.3, 0.4) is 0 Å². The van der Waals surface area contributed by atoms with Gasteiger partial charge in [0.2, 0.25) is 5.69 Å². The van der Waals surface area contributed by atoms with Crippen LogP contribution in [0.25, 0.3) is 10.8 Å². The van der Waals surface area contributed by atoms with Gasteiger partial charge in [-0.1, -0.05) is 36.4 Å². The fourth-order valence-corrected chi connectivity index (χ4v) is 4.07. The number of hydrogen-bond donors (Lipinski definition) is 0. The third kappa shape index (κ3) is 2.62. The topological polar surface area (TPSA) is 28.3 Å². The molecule has 0 spiro atoms. The van der Waals surface area contributed by atoms with E-state index in [1.54, 1.807) is 0 Å². The molecule has 28 heavy (non-hydrogen) atoms. The normalized spacial score (nSPS) is 18.6. The lowest BCUT2D eigenvalue weighted by atomic mass is 10.1. The summed E-state index contributed by atoms with van der Waals surface area (Å²) in [7, 11) is 2.26. The predicted octanol–water partition coefficient (Wildman–Crippen LogP) is 6.21. The van der Waals surface area contributed by atoms with Crippen LogP contribution in [0.4, 0.5) is 22.7 Å². The molecule has 2 heterocycles. The molecule has 3 aromatic carbocycles. The van der Waals surface area contributed by atoms with E-state index in [4.69, 9.17) is 5.11 Å². The highest BCUT2D eigenvalue weighted by Gasteiger charge is 2.41. The number of pyridine rings is 1. The Morgan fingerprint density at radius 3 is 2.64 bits per heavy atom. The fraction of sp³-hybridized carbons (Fsp3) is 0.125. The molecule has 1 aliphatic rings. The Balaban J connectivity index is 1.76. The number of quaternary nitrogens is 1. The highest BCUT2D eigenvalue weighted by atomic mass is 15.5. The second-order valence-corrected chi connectivity index (χ2v) is 7.53. The lowest BCUT2D eigenvalue weighted by molar-refractivity contribution is -0.526. The van der Waals surface area contributed by atoms with Crippen molar-refractivity contribution in [3.63, 3.8) is 0 Å². The molecule has 4 aromatic rings. The van der Waals surface area contributed by atoms with Crippen molar-refractivity contribution in [2.45, 2.75) is 6.92 Å². The van der Waals surface area contributed by atoms with Crippen molar-refractivity contribution in [2.75, 3.05) is 13.7 Å². The average molecular weight is 366 g/mol. The zero-order valence-corrected chi connectivity index (χ0v) is 16.1. The SMILES string of the molecule is Cc1ccc2c(c1)N=[N+](c1cccc3ccncc13)C[N+]2(C)c1ccccc1. The maximum absolute atomic E-state index is 5.04. The highest BCUT2D eigenvalue weighted by Crippen LogP contribution is 2.44. The van der Waals surface area contributed by atoms with Gasteiger partial charge in [0.25, 0.3) is 0 Å². The molecule has 4 heteroatoms. The van der Waals surface area contributed by atoms with Crippen molar-refractivity contribution in [1.82, 2.24) is 9.47 Å². The van der Waals surface area contributed by atoms with Crippen LogP contribution < -0.4 is 4.48 Å². The molecule has 0 radical (unpaired) electrons. The minimum absolute atomic E-state index is 0.663. The number of nitrogens with zero attached hydrogens (tertiary/aromatic N) is 4. The van der Waals surface area contributed by atoms with Gasteiger partial charge in [0.1, 0.15) is 5.69 Å². The number of hydrogen-bond acceptors (Lipinski definition) is 2. The first-order valence-electron chi connectivity index (χ1n) is 9.49. The summed E-state index contributed by atoms with van der Waals surface area (Å²) in [5.74, 6) is 0. The number of benzene rings is 3. The van der Waals surface area contributed by atoms with E-state index < -0.39 is 0 Å². The number of aromatic nitrogens is 1. The van der Waals surface area contributed by atoms with Crippen molar-refractivity contribution >= 4 is 33.5 Å². The number of azo groups is 2. The molecular formula is C24H22N4+2. The summed E-state index contributed by atoms with van der Waals surface area (Å²) in [5, 5.41) is 7.33. The quantitative estimate of drug-likeness (QED) is 0.306. The Morgan fingerprint density at radius 2 is 1.79 bits per heavy atom. The first-order chi connectivity index (χ1) is 13.6. The lowest BCUT2D eigenvalue weighted by Crippen LogP contribution is -2.46. The van der Waals surface area contributed by atoms with Gasteiger partial charge in [-0.2, -0.15) is 0 Å². The monoisotopic (exact) mass is 366 g/mol. The van der Waals surface area contributed by atoms with E-state index in [1.165, 1.54) is 22.3 Å². The standard InChI is InChI=1S/C24H22N4/c1-18-11-12-24-22(15-18)26-27(17-28(24,2)20-8-4-3-5-9-20)23-10-6-7-19-13-14-25-16-21(19)23/h3-16H,17H2,1-2H3/q+2. The Kier molecular flexibility index (Phi) is 3.81. The molecule has 0 saturated carbocycles. The molecule has 0 bridgehead atoms. The van der Waals surface area contributed by atoms with Crippen molar-refractivity contribution in [3.05, 3.63) is 90.8 Å². The van der Waals surface area contributed by atoms with Crippen molar-refractivity contribution in [3.8, 4) is 0 Å². The second kappa shape index (κ2) is 6.36. The molecular weight excluding hydrogens is 344 g/mol. The van der Waals surface area contributed by atoms with Crippen LogP contribution in [0.1, 0.15) is 5.56 Å². The van der Waals surface area contributed by atoms with E-state index in [0.717, 1.165) is 16.8 Å². The predicted molar refractivity (Wildman–Crippen MR) is 114 cm³/mol. The number of para-hydroxylation sites is 1. The molecule has 0 N–H and O–H groups in total. The molecule has 1 unspecified atom stereocenters. The average Bonchev–Trinajstić information content (AvgIpc) is 2.73. The highest BCUT2D eigenvalue weighted by molar-refractivity contribution is 5.89. The minimum atomic E-state index is 0.663. The molecule has 1 aromatic heterocycles. The largest absolute Gasteiger partial charge is 0.311 e. The van der Waals surface area contributed by atoms with E-state index in [2.05, 4.69) is 90.4 Å². The van der Waals surface area contributed by atoms with Gasteiger partial charge in [0.15, 0.2) is 11.4 Å². The van der Waals surface area contributed by atoms with Gasteiger partial charge in [-0.05, 0) is 46.8 Å². The Labute approximate surface area is 164 Å². The van der Waals surface area contributed by atoms with Crippen LogP contribution in [-0.2, 0) is 0 Å². The first kappa shape index (κ1) is 16.8. The number of aryl methyl sites for hydroxylation is 1. The van der Waals surface area contributed by atoms with Gasteiger partial charge in [-0.25, -0.2) is 4.48 Å². The van der Waals surface area contributed by atoms with E-state index in [9.17, 15) is 0 Å². The molecule has 0 aliphatic carbocycles. The summed E-state index contributed by atoms with van der Waals surface area (Å²) in [5.41, 5.74) is 5.76. The third-order valence-electron chi connectivity index (χ3n) is 5.57. The summed E-state index contributed by atoms with van der Waals surface area (Å²) in [6.45, 7) is 2.83. The van der Waals surface area contributed by atoms with Crippen LogP contribution >= 0.6 is 0 Å². The van der Waals surface area contributed by atoms with Gasteiger partial charge >= 0.3 is 6.67 Å². The number of fused-ring (bicyclic) bond motifs is 2. The summed E-state index contributed by atoms with van der Waals surface area (Å²) in [6.07, 6.45) is 3.76. The van der Waals surface area contributed by atoms with Crippen molar-refractivity contribution < 1.29 is 4.70 Å². The summed E-state index contributed by atoms with van der Waals surface area (Å²) in [4.78, 5) is 4.35.